The van der Waals surface area contributed by atoms with E-state index in [1.54, 1.807) is 0 Å². The largest absolute Gasteiger partial charge is 0.392 e. The SMILES string of the molecule is CC1CCN(CC(=O)NN)CC1O. The summed E-state index contributed by atoms with van der Waals surface area (Å²) < 4.78 is 0. The van der Waals surface area contributed by atoms with Gasteiger partial charge in [-0.3, -0.25) is 15.1 Å². The molecule has 1 amide bonds. The maximum absolute atomic E-state index is 10.9. The van der Waals surface area contributed by atoms with Crippen molar-refractivity contribution in [1.29, 1.82) is 0 Å². The normalized spacial score (nSPS) is 30.1. The van der Waals surface area contributed by atoms with Gasteiger partial charge in [-0.1, -0.05) is 6.92 Å². The molecule has 1 fully saturated rings. The maximum atomic E-state index is 10.9. The Labute approximate surface area is 77.9 Å². The van der Waals surface area contributed by atoms with Crippen LogP contribution in [0, 0.1) is 5.92 Å². The molecule has 2 unspecified atom stereocenters. The first kappa shape index (κ1) is 10.4. The van der Waals surface area contributed by atoms with Gasteiger partial charge in [-0.2, -0.15) is 0 Å². The van der Waals surface area contributed by atoms with Crippen molar-refractivity contribution in [3.8, 4) is 0 Å². The van der Waals surface area contributed by atoms with Gasteiger partial charge >= 0.3 is 0 Å². The van der Waals surface area contributed by atoms with E-state index in [2.05, 4.69) is 5.43 Å². The number of hydrazine groups is 1. The third-order valence-corrected chi connectivity index (χ3v) is 2.53. The van der Waals surface area contributed by atoms with Gasteiger partial charge in [-0.25, -0.2) is 5.84 Å². The van der Waals surface area contributed by atoms with Crippen molar-refractivity contribution in [1.82, 2.24) is 10.3 Å². The van der Waals surface area contributed by atoms with Gasteiger partial charge in [0.2, 0.25) is 5.91 Å². The first-order valence-electron chi connectivity index (χ1n) is 4.53. The zero-order valence-electron chi connectivity index (χ0n) is 7.86. The Morgan fingerprint density at radius 2 is 2.46 bits per heavy atom. The van der Waals surface area contributed by atoms with Gasteiger partial charge in [0.15, 0.2) is 0 Å². The lowest BCUT2D eigenvalue weighted by Gasteiger charge is -2.33. The number of aliphatic hydroxyl groups is 1. The lowest BCUT2D eigenvalue weighted by molar-refractivity contribution is -0.123. The Bertz CT molecular complexity index is 186. The summed E-state index contributed by atoms with van der Waals surface area (Å²) in [6, 6.07) is 0. The fraction of sp³-hybridized carbons (Fsp3) is 0.875. The van der Waals surface area contributed by atoms with E-state index in [0.29, 0.717) is 12.5 Å². The quantitative estimate of drug-likeness (QED) is 0.284. The summed E-state index contributed by atoms with van der Waals surface area (Å²) in [5.74, 6) is 5.09. The van der Waals surface area contributed by atoms with E-state index in [1.807, 2.05) is 11.8 Å². The van der Waals surface area contributed by atoms with Gasteiger partial charge in [0.25, 0.3) is 0 Å². The topological polar surface area (TPSA) is 78.6 Å². The highest BCUT2D eigenvalue weighted by molar-refractivity contribution is 5.77. The number of hydrogen-bond donors (Lipinski definition) is 3. The summed E-state index contributed by atoms with van der Waals surface area (Å²) in [5.41, 5.74) is 2.08. The number of aliphatic hydroxyl groups excluding tert-OH is 1. The molecule has 0 radical (unpaired) electrons. The van der Waals surface area contributed by atoms with Crippen molar-refractivity contribution in [2.45, 2.75) is 19.4 Å². The molecule has 0 aromatic rings. The van der Waals surface area contributed by atoms with Gasteiger partial charge in [-0.15, -0.1) is 0 Å². The number of carbonyl (C=O) groups is 1. The first-order valence-corrected chi connectivity index (χ1v) is 4.53. The Kier molecular flexibility index (Phi) is 3.65. The molecule has 5 nitrogen and oxygen atoms in total. The molecule has 13 heavy (non-hydrogen) atoms. The molecule has 1 aliphatic heterocycles. The summed E-state index contributed by atoms with van der Waals surface area (Å²) in [4.78, 5) is 12.8. The van der Waals surface area contributed by atoms with E-state index in [4.69, 9.17) is 5.84 Å². The highest BCUT2D eigenvalue weighted by atomic mass is 16.3. The summed E-state index contributed by atoms with van der Waals surface area (Å²) in [6.07, 6.45) is 0.610. The van der Waals surface area contributed by atoms with Crippen molar-refractivity contribution >= 4 is 5.91 Å². The second kappa shape index (κ2) is 4.55. The smallest absolute Gasteiger partial charge is 0.248 e. The van der Waals surface area contributed by atoms with Crippen molar-refractivity contribution in [3.05, 3.63) is 0 Å². The van der Waals surface area contributed by atoms with Gasteiger partial charge in [0.1, 0.15) is 0 Å². The van der Waals surface area contributed by atoms with Crippen LogP contribution in [0.2, 0.25) is 0 Å². The summed E-state index contributed by atoms with van der Waals surface area (Å²) in [6.45, 7) is 3.71. The molecular formula is C8H17N3O2. The fourth-order valence-electron chi connectivity index (χ4n) is 1.51. The van der Waals surface area contributed by atoms with Crippen LogP contribution >= 0.6 is 0 Å². The Morgan fingerprint density at radius 3 is 3.00 bits per heavy atom. The number of amides is 1. The molecule has 0 saturated carbocycles. The minimum Gasteiger partial charge on any atom is -0.392 e. The number of rotatable bonds is 2. The van der Waals surface area contributed by atoms with Crippen LogP contribution in [0.3, 0.4) is 0 Å². The average Bonchev–Trinajstić information content (AvgIpc) is 2.11. The molecule has 5 heteroatoms. The van der Waals surface area contributed by atoms with Crippen LogP contribution < -0.4 is 11.3 Å². The number of piperidine rings is 1. The highest BCUT2D eigenvalue weighted by Gasteiger charge is 2.24. The van der Waals surface area contributed by atoms with Crippen molar-refractivity contribution in [2.75, 3.05) is 19.6 Å². The predicted molar refractivity (Wildman–Crippen MR) is 48.6 cm³/mol. The van der Waals surface area contributed by atoms with Crippen molar-refractivity contribution in [2.24, 2.45) is 11.8 Å². The van der Waals surface area contributed by atoms with Crippen LogP contribution in [0.5, 0.6) is 0 Å². The van der Waals surface area contributed by atoms with Gasteiger partial charge in [0, 0.05) is 6.54 Å². The summed E-state index contributed by atoms with van der Waals surface area (Å²) in [7, 11) is 0. The van der Waals surface area contributed by atoms with E-state index < -0.39 is 0 Å². The summed E-state index contributed by atoms with van der Waals surface area (Å²) >= 11 is 0. The molecule has 0 aliphatic carbocycles. The minimum absolute atomic E-state index is 0.207. The number of likely N-dealkylation sites (tertiary alicyclic amines) is 1. The first-order chi connectivity index (χ1) is 6.13. The number of nitrogens with two attached hydrogens (primary N) is 1. The number of nitrogens with zero attached hydrogens (tertiary/aromatic N) is 1. The maximum Gasteiger partial charge on any atom is 0.248 e. The van der Waals surface area contributed by atoms with Crippen molar-refractivity contribution < 1.29 is 9.90 Å². The van der Waals surface area contributed by atoms with Crippen molar-refractivity contribution in [3.63, 3.8) is 0 Å². The average molecular weight is 187 g/mol. The number of carbonyl (C=O) groups excluding carboxylic acids is 1. The standard InChI is InChI=1S/C8H17N3O2/c1-6-2-3-11(4-7(6)12)5-8(13)10-9/h6-7,12H,2-5,9H2,1H3,(H,10,13). The van der Waals surface area contributed by atoms with Gasteiger partial charge < -0.3 is 5.11 Å². The van der Waals surface area contributed by atoms with Gasteiger partial charge in [0.05, 0.1) is 12.6 Å². The molecule has 0 aromatic heterocycles. The van der Waals surface area contributed by atoms with E-state index >= 15 is 0 Å². The molecule has 0 aromatic carbocycles. The molecule has 0 bridgehead atoms. The van der Waals surface area contributed by atoms with E-state index in [0.717, 1.165) is 13.0 Å². The zero-order chi connectivity index (χ0) is 9.84. The molecule has 0 spiro atoms. The second-order valence-electron chi connectivity index (χ2n) is 3.64. The number of hydrogen-bond acceptors (Lipinski definition) is 4. The van der Waals surface area contributed by atoms with Crippen LogP contribution in [0.1, 0.15) is 13.3 Å². The zero-order valence-corrected chi connectivity index (χ0v) is 7.86. The molecule has 76 valence electrons. The van der Waals surface area contributed by atoms with Crippen LogP contribution in [-0.2, 0) is 4.79 Å². The Morgan fingerprint density at radius 1 is 1.77 bits per heavy atom. The number of β-amino-alcohol motifs (C(OH)–C–C–N with tert-alkyl or cyclic N) is 1. The molecular weight excluding hydrogens is 170 g/mol. The third-order valence-electron chi connectivity index (χ3n) is 2.53. The van der Waals surface area contributed by atoms with Crippen LogP contribution in [-0.4, -0.2) is 41.7 Å². The second-order valence-corrected chi connectivity index (χ2v) is 3.64. The molecule has 4 N–H and O–H groups in total. The lowest BCUT2D eigenvalue weighted by Crippen LogP contribution is -2.48. The third kappa shape index (κ3) is 2.95. The van der Waals surface area contributed by atoms with E-state index in [1.165, 1.54) is 0 Å². The molecule has 2 atom stereocenters. The lowest BCUT2D eigenvalue weighted by atomic mass is 9.96. The van der Waals surface area contributed by atoms with Crippen LogP contribution in [0.15, 0.2) is 0 Å². The highest BCUT2D eigenvalue weighted by Crippen LogP contribution is 2.16. The molecule has 1 heterocycles. The Hall–Kier alpha value is -0.650. The molecule has 1 rings (SSSR count). The van der Waals surface area contributed by atoms with Crippen LogP contribution in [0.4, 0.5) is 0 Å². The Balaban J connectivity index is 2.33. The molecule has 1 saturated heterocycles. The monoisotopic (exact) mass is 187 g/mol. The minimum atomic E-state index is -0.320. The molecule has 1 aliphatic rings. The van der Waals surface area contributed by atoms with Crippen LogP contribution in [0.25, 0.3) is 0 Å². The fourth-order valence-corrected chi connectivity index (χ4v) is 1.51. The number of nitrogens with one attached hydrogen (secondary N) is 1. The summed E-state index contributed by atoms with van der Waals surface area (Å²) in [5, 5.41) is 9.53. The van der Waals surface area contributed by atoms with E-state index in [-0.39, 0.29) is 18.6 Å². The van der Waals surface area contributed by atoms with Gasteiger partial charge in [-0.05, 0) is 18.9 Å². The van der Waals surface area contributed by atoms with E-state index in [9.17, 15) is 9.90 Å². The predicted octanol–water partition coefficient (Wildman–Crippen LogP) is -1.32.